The van der Waals surface area contributed by atoms with Gasteiger partial charge in [-0.25, -0.2) is 0 Å². The van der Waals surface area contributed by atoms with Crippen molar-refractivity contribution in [1.29, 1.82) is 0 Å². The maximum atomic E-state index is 7.08. The summed E-state index contributed by atoms with van der Waals surface area (Å²) in [5, 5.41) is 0. The molecule has 1 heterocycles. The largest absolute Gasteiger partial charge is 0.457 e. The summed E-state index contributed by atoms with van der Waals surface area (Å²) in [6, 6.07) is 49.3. The van der Waals surface area contributed by atoms with E-state index < -0.39 is 0 Å². The van der Waals surface area contributed by atoms with E-state index >= 15 is 0 Å². The Bertz CT molecular complexity index is 2670. The summed E-state index contributed by atoms with van der Waals surface area (Å²) in [4.78, 5) is 2.47. The topological polar surface area (TPSA) is 12.5 Å². The first-order chi connectivity index (χ1) is 30.6. The van der Waals surface area contributed by atoms with Gasteiger partial charge >= 0.3 is 0 Å². The maximum Gasteiger partial charge on any atom is 0.133 e. The fraction of sp³-hybridized carbons (Fsp3) is 0.419. The minimum Gasteiger partial charge on any atom is -0.457 e. The van der Waals surface area contributed by atoms with Gasteiger partial charge in [0.2, 0.25) is 0 Å². The van der Waals surface area contributed by atoms with E-state index in [0.29, 0.717) is 11.8 Å². The molecule has 13 rings (SSSR count). The van der Waals surface area contributed by atoms with Gasteiger partial charge in [-0.3, -0.25) is 0 Å². The molecule has 0 aromatic heterocycles. The molecule has 64 heavy (non-hydrogen) atoms. The van der Waals surface area contributed by atoms with Gasteiger partial charge in [0, 0.05) is 39.7 Å². The number of hydrogen-bond donors (Lipinski definition) is 0. The summed E-state index contributed by atoms with van der Waals surface area (Å²) < 4.78 is 7.08. The molecule has 0 amide bonds. The quantitative estimate of drug-likeness (QED) is 0.171. The van der Waals surface area contributed by atoms with Crippen molar-refractivity contribution in [2.24, 2.45) is 23.7 Å². The van der Waals surface area contributed by atoms with Crippen LogP contribution in [0.5, 0.6) is 11.5 Å². The second-order valence-corrected chi connectivity index (χ2v) is 23.9. The standard InChI is InChI=1S/C62H67NO/c1-58(2)29-31-60(5,6)56-48(13-11-16-52(56)58)41-19-23-45(24-20-41)63(46-25-21-42(22-26-46)49-14-12-17-53-57(49)61(7,8)32-30-59(53,3)4)47-27-28-51-55(38-47)64-54-18-10-9-15-50(54)62(51)43-34-39-33-40(36-43)37-44(62)35-39/h9-28,38-40,43-44H,29-37H2,1-8H3. The Morgan fingerprint density at radius 3 is 1.36 bits per heavy atom. The molecule has 1 spiro atoms. The molecular weight excluding hydrogens is 775 g/mol. The molecule has 326 valence electrons. The van der Waals surface area contributed by atoms with Crippen LogP contribution >= 0.6 is 0 Å². The normalized spacial score (nSPS) is 26.9. The Morgan fingerprint density at radius 2 is 0.844 bits per heavy atom. The highest BCUT2D eigenvalue weighted by Gasteiger charge is 2.61. The van der Waals surface area contributed by atoms with Crippen molar-refractivity contribution in [3.8, 4) is 33.8 Å². The van der Waals surface area contributed by atoms with Crippen LogP contribution in [0.2, 0.25) is 0 Å². The van der Waals surface area contributed by atoms with Crippen molar-refractivity contribution in [2.45, 2.75) is 140 Å². The fourth-order valence-electron chi connectivity index (χ4n) is 15.0. The van der Waals surface area contributed by atoms with Gasteiger partial charge < -0.3 is 9.64 Å². The molecule has 2 heteroatoms. The minimum atomic E-state index is 0.0264. The number of anilines is 3. The lowest BCUT2D eigenvalue weighted by Gasteiger charge is -2.63. The lowest BCUT2D eigenvalue weighted by Crippen LogP contribution is -2.56. The highest BCUT2D eigenvalue weighted by Crippen LogP contribution is 2.69. The average Bonchev–Trinajstić information content (AvgIpc) is 3.28. The molecular formula is C62H67NO. The molecule has 0 saturated heterocycles. The molecule has 4 saturated carbocycles. The number of para-hydroxylation sites is 1. The van der Waals surface area contributed by atoms with Gasteiger partial charge in [0.15, 0.2) is 0 Å². The Hall–Kier alpha value is -5.08. The smallest absolute Gasteiger partial charge is 0.133 e. The Labute approximate surface area is 383 Å². The summed E-state index contributed by atoms with van der Waals surface area (Å²) in [6.07, 6.45) is 11.7. The molecule has 0 unspecified atom stereocenters. The predicted molar refractivity (Wildman–Crippen MR) is 267 cm³/mol. The van der Waals surface area contributed by atoms with Crippen LogP contribution in [0.3, 0.4) is 0 Å². The van der Waals surface area contributed by atoms with Crippen molar-refractivity contribution >= 4 is 17.1 Å². The molecule has 0 radical (unpaired) electrons. The maximum absolute atomic E-state index is 7.08. The number of fused-ring (bicyclic) bond motifs is 4. The third-order valence-electron chi connectivity index (χ3n) is 18.2. The zero-order valence-corrected chi connectivity index (χ0v) is 39.7. The number of benzene rings is 6. The van der Waals surface area contributed by atoms with Gasteiger partial charge in [-0.05, 0) is 184 Å². The van der Waals surface area contributed by atoms with E-state index in [1.54, 1.807) is 0 Å². The van der Waals surface area contributed by atoms with E-state index in [1.807, 2.05) is 0 Å². The highest BCUT2D eigenvalue weighted by molar-refractivity contribution is 5.83. The summed E-state index contributed by atoms with van der Waals surface area (Å²) in [7, 11) is 0. The Kier molecular flexibility index (Phi) is 8.82. The monoisotopic (exact) mass is 842 g/mol. The fourth-order valence-corrected chi connectivity index (χ4v) is 15.0. The number of rotatable bonds is 5. The van der Waals surface area contributed by atoms with E-state index in [9.17, 15) is 0 Å². The third kappa shape index (κ3) is 5.95. The zero-order chi connectivity index (χ0) is 44.0. The third-order valence-corrected chi connectivity index (χ3v) is 18.2. The molecule has 6 aromatic rings. The van der Waals surface area contributed by atoms with Gasteiger partial charge in [0.1, 0.15) is 11.5 Å². The van der Waals surface area contributed by atoms with Crippen molar-refractivity contribution in [3.63, 3.8) is 0 Å². The zero-order valence-electron chi connectivity index (χ0n) is 39.7. The van der Waals surface area contributed by atoms with Crippen LogP contribution in [-0.4, -0.2) is 0 Å². The summed E-state index contributed by atoms with van der Waals surface area (Å²) in [5.74, 6) is 5.25. The van der Waals surface area contributed by atoms with E-state index in [-0.39, 0.29) is 27.1 Å². The van der Waals surface area contributed by atoms with Crippen LogP contribution in [0.15, 0.2) is 127 Å². The summed E-state index contributed by atoms with van der Waals surface area (Å²) in [6.45, 7) is 19.5. The second kappa shape index (κ2) is 14.0. The van der Waals surface area contributed by atoms with Gasteiger partial charge in [0.05, 0.1) is 0 Å². The van der Waals surface area contributed by atoms with Crippen LogP contribution in [-0.2, 0) is 27.1 Å². The van der Waals surface area contributed by atoms with E-state index in [1.165, 1.54) is 113 Å². The molecule has 2 nitrogen and oxygen atoms in total. The van der Waals surface area contributed by atoms with Crippen LogP contribution < -0.4 is 9.64 Å². The Balaban J connectivity index is 0.991. The van der Waals surface area contributed by atoms with Crippen LogP contribution in [0.1, 0.15) is 147 Å². The van der Waals surface area contributed by atoms with E-state index in [4.69, 9.17) is 4.74 Å². The van der Waals surface area contributed by atoms with Crippen molar-refractivity contribution in [1.82, 2.24) is 0 Å². The minimum absolute atomic E-state index is 0.0264. The molecule has 4 bridgehead atoms. The van der Waals surface area contributed by atoms with E-state index in [2.05, 4.69) is 188 Å². The molecule has 4 fully saturated rings. The van der Waals surface area contributed by atoms with Crippen LogP contribution in [0, 0.1) is 23.7 Å². The average molecular weight is 842 g/mol. The number of nitrogens with zero attached hydrogens (tertiary/aromatic N) is 1. The summed E-state index contributed by atoms with van der Waals surface area (Å²) in [5.41, 5.74) is 18.3. The van der Waals surface area contributed by atoms with Crippen LogP contribution in [0.25, 0.3) is 22.3 Å². The molecule has 1 aliphatic heterocycles. The molecule has 6 aromatic carbocycles. The lowest BCUT2D eigenvalue weighted by atomic mass is 9.42. The molecule has 6 aliphatic carbocycles. The van der Waals surface area contributed by atoms with Gasteiger partial charge in [-0.1, -0.05) is 140 Å². The highest BCUT2D eigenvalue weighted by atomic mass is 16.5. The van der Waals surface area contributed by atoms with Gasteiger partial charge in [-0.2, -0.15) is 0 Å². The molecule has 0 atom stereocenters. The Morgan fingerprint density at radius 1 is 0.406 bits per heavy atom. The summed E-state index contributed by atoms with van der Waals surface area (Å²) >= 11 is 0. The number of hydrogen-bond acceptors (Lipinski definition) is 2. The number of ether oxygens (including phenoxy) is 1. The van der Waals surface area contributed by atoms with Crippen molar-refractivity contribution in [2.75, 3.05) is 4.90 Å². The SMILES string of the molecule is CC1(C)CCC(C)(C)c2c(-c3ccc(N(c4ccc(-c5cccc6c5C(C)(C)CCC6(C)C)cc4)c4ccc5c(c4)Oc4ccccc4C54C5CC6CC(C5)CC4C6)cc3)cccc21. The first-order valence-electron chi connectivity index (χ1n) is 24.8. The van der Waals surface area contributed by atoms with Crippen LogP contribution in [0.4, 0.5) is 17.1 Å². The molecule has 0 N–H and O–H groups in total. The van der Waals surface area contributed by atoms with E-state index in [0.717, 1.165) is 40.4 Å². The molecule has 7 aliphatic rings. The predicted octanol–water partition coefficient (Wildman–Crippen LogP) is 17.0. The lowest BCUT2D eigenvalue weighted by molar-refractivity contribution is -0.0452. The first kappa shape index (κ1) is 40.4. The van der Waals surface area contributed by atoms with Gasteiger partial charge in [-0.15, -0.1) is 0 Å². The first-order valence-corrected chi connectivity index (χ1v) is 24.8. The second-order valence-electron chi connectivity index (χ2n) is 23.9. The van der Waals surface area contributed by atoms with Gasteiger partial charge in [0.25, 0.3) is 0 Å². The van der Waals surface area contributed by atoms with Crippen molar-refractivity contribution < 1.29 is 4.74 Å². The van der Waals surface area contributed by atoms with Crippen molar-refractivity contribution in [3.05, 3.63) is 161 Å².